The number of rotatable bonds is 10. The summed E-state index contributed by atoms with van der Waals surface area (Å²) in [5.41, 5.74) is 1.17. The van der Waals surface area contributed by atoms with Crippen molar-refractivity contribution in [1.29, 1.82) is 0 Å². The van der Waals surface area contributed by atoms with E-state index in [0.29, 0.717) is 18.4 Å². The van der Waals surface area contributed by atoms with E-state index in [9.17, 15) is 19.8 Å². The normalized spacial score (nSPS) is 16.3. The molecule has 1 aromatic heterocycles. The van der Waals surface area contributed by atoms with Crippen molar-refractivity contribution in [3.05, 3.63) is 65.0 Å². The Kier molecular flexibility index (Phi) is 7.64. The highest BCUT2D eigenvalue weighted by Crippen LogP contribution is 2.46. The molecule has 3 unspecified atom stereocenters. The summed E-state index contributed by atoms with van der Waals surface area (Å²) in [5, 5.41) is 18.9. The molecule has 0 radical (unpaired) electrons. The van der Waals surface area contributed by atoms with Crippen molar-refractivity contribution in [2.75, 3.05) is 0 Å². The van der Waals surface area contributed by atoms with Crippen molar-refractivity contribution in [2.24, 2.45) is 5.41 Å². The summed E-state index contributed by atoms with van der Waals surface area (Å²) in [6.45, 7) is 8.25. The van der Waals surface area contributed by atoms with Gasteiger partial charge in [-0.3, -0.25) is 0 Å². The highest BCUT2D eigenvalue weighted by Gasteiger charge is 2.38. The van der Waals surface area contributed by atoms with E-state index in [0.717, 1.165) is 12.8 Å². The van der Waals surface area contributed by atoms with Gasteiger partial charge in [0.2, 0.25) is 0 Å². The van der Waals surface area contributed by atoms with E-state index in [1.165, 1.54) is 17.7 Å². The van der Waals surface area contributed by atoms with E-state index in [2.05, 4.69) is 31.0 Å². The number of aromatic carboxylic acids is 2. The number of benzene rings is 1. The zero-order valence-electron chi connectivity index (χ0n) is 18.0. The molecule has 0 amide bonds. The Labute approximate surface area is 183 Å². The third-order valence-electron chi connectivity index (χ3n) is 6.13. The highest BCUT2D eigenvalue weighted by molar-refractivity contribution is 6.24. The second-order valence-electron chi connectivity index (χ2n) is 8.50. The van der Waals surface area contributed by atoms with Crippen LogP contribution in [0.4, 0.5) is 0 Å². The number of alkyl halides is 1. The maximum absolute atomic E-state index is 11.6. The molecule has 0 bridgehead atoms. The first-order chi connectivity index (χ1) is 14.0. The molecule has 5 nitrogen and oxygen atoms in total. The average Bonchev–Trinajstić information content (AvgIpc) is 2.72. The molecule has 0 fully saturated rings. The van der Waals surface area contributed by atoms with Crippen molar-refractivity contribution in [1.82, 2.24) is 4.98 Å². The lowest BCUT2D eigenvalue weighted by Crippen LogP contribution is -2.33. The van der Waals surface area contributed by atoms with Crippen LogP contribution in [0.1, 0.15) is 85.0 Å². The highest BCUT2D eigenvalue weighted by atomic mass is 35.5. The molecule has 1 aromatic carbocycles. The van der Waals surface area contributed by atoms with Crippen molar-refractivity contribution in [3.8, 4) is 0 Å². The molecule has 2 aromatic rings. The summed E-state index contributed by atoms with van der Waals surface area (Å²) >= 11 is 6.94. The second-order valence-corrected chi connectivity index (χ2v) is 9.36. The Bertz CT molecular complexity index is 865. The fourth-order valence-corrected chi connectivity index (χ4v) is 4.02. The maximum atomic E-state index is 11.6. The first-order valence-electron chi connectivity index (χ1n) is 10.2. The molecular formula is C24H30ClNO4. The van der Waals surface area contributed by atoms with Gasteiger partial charge in [0, 0.05) is 10.8 Å². The van der Waals surface area contributed by atoms with Crippen molar-refractivity contribution in [2.45, 2.75) is 64.2 Å². The molecule has 0 saturated carbocycles. The van der Waals surface area contributed by atoms with Crippen LogP contribution in [0.2, 0.25) is 0 Å². The summed E-state index contributed by atoms with van der Waals surface area (Å²) in [6.07, 6.45) is 3.09. The quantitative estimate of drug-likeness (QED) is 0.449. The number of halogens is 1. The lowest BCUT2D eigenvalue weighted by molar-refractivity contribution is 0.0684. The summed E-state index contributed by atoms with van der Waals surface area (Å²) in [5.74, 6) is -2.75. The topological polar surface area (TPSA) is 87.5 Å². The van der Waals surface area contributed by atoms with Crippen LogP contribution in [0.3, 0.4) is 0 Å². The van der Waals surface area contributed by atoms with E-state index >= 15 is 0 Å². The van der Waals surface area contributed by atoms with Crippen molar-refractivity contribution >= 4 is 23.5 Å². The Morgan fingerprint density at radius 2 is 1.53 bits per heavy atom. The summed E-state index contributed by atoms with van der Waals surface area (Å²) in [4.78, 5) is 26.2. The number of nitrogens with zero attached hydrogens (tertiary/aromatic N) is 1. The van der Waals surface area contributed by atoms with Gasteiger partial charge < -0.3 is 10.2 Å². The summed E-state index contributed by atoms with van der Waals surface area (Å²) in [6, 6.07) is 13.1. The molecular weight excluding hydrogens is 402 g/mol. The third-order valence-corrected chi connectivity index (χ3v) is 6.66. The van der Waals surface area contributed by atoms with E-state index in [1.807, 2.05) is 32.0 Å². The molecule has 2 N–H and O–H groups in total. The zero-order chi connectivity index (χ0) is 22.5. The van der Waals surface area contributed by atoms with E-state index in [1.54, 1.807) is 0 Å². The fourth-order valence-electron chi connectivity index (χ4n) is 3.82. The van der Waals surface area contributed by atoms with Gasteiger partial charge in [0.05, 0.1) is 0 Å². The number of carbonyl (C=O) groups is 2. The minimum atomic E-state index is -1.26. The minimum Gasteiger partial charge on any atom is -0.477 e. The monoisotopic (exact) mass is 431 g/mol. The SMILES string of the molecule is CCC(C)(Cc1ccccc1)CC(c1cc(C(=O)O)nc(C(=O)O)c1)C(C)(Cl)CC. The maximum Gasteiger partial charge on any atom is 0.354 e. The van der Waals surface area contributed by atoms with Gasteiger partial charge in [0.25, 0.3) is 0 Å². The molecule has 0 saturated heterocycles. The smallest absolute Gasteiger partial charge is 0.354 e. The Balaban J connectivity index is 2.53. The van der Waals surface area contributed by atoms with Crippen LogP contribution in [-0.2, 0) is 6.42 Å². The van der Waals surface area contributed by atoms with Gasteiger partial charge in [-0.25, -0.2) is 14.6 Å². The van der Waals surface area contributed by atoms with E-state index < -0.39 is 16.8 Å². The van der Waals surface area contributed by atoms with Crippen LogP contribution in [0.25, 0.3) is 0 Å². The number of pyridine rings is 1. The lowest BCUT2D eigenvalue weighted by Gasteiger charge is -2.39. The van der Waals surface area contributed by atoms with Crippen molar-refractivity contribution < 1.29 is 19.8 Å². The Morgan fingerprint density at radius 3 is 1.97 bits per heavy atom. The summed E-state index contributed by atoms with van der Waals surface area (Å²) in [7, 11) is 0. The standard InChI is InChI=1S/C24H30ClNO4/c1-5-23(3,14-16-10-8-7-9-11-16)15-18(24(4,25)6-2)17-12-19(21(27)28)26-20(13-17)22(29)30/h7-13,18H,5-6,14-15H2,1-4H3,(H,27,28)(H,29,30). The first kappa shape index (κ1) is 23.9. The number of hydrogen-bond donors (Lipinski definition) is 2. The molecule has 6 heteroatoms. The Hall–Kier alpha value is -2.40. The van der Waals surface area contributed by atoms with Crippen LogP contribution in [0, 0.1) is 5.41 Å². The number of carboxylic acid groups (broad SMARTS) is 2. The summed E-state index contributed by atoms with van der Waals surface area (Å²) < 4.78 is 0. The molecule has 0 aliphatic rings. The number of hydrogen-bond acceptors (Lipinski definition) is 3. The van der Waals surface area contributed by atoms with Gasteiger partial charge in [0.1, 0.15) is 11.4 Å². The van der Waals surface area contributed by atoms with Gasteiger partial charge in [-0.05, 0) is 54.9 Å². The second kappa shape index (κ2) is 9.61. The van der Waals surface area contributed by atoms with Gasteiger partial charge in [-0.1, -0.05) is 57.5 Å². The number of aromatic nitrogens is 1. The molecule has 0 aliphatic carbocycles. The fraction of sp³-hybridized carbons (Fsp3) is 0.458. The molecule has 3 atom stereocenters. The zero-order valence-corrected chi connectivity index (χ0v) is 18.7. The van der Waals surface area contributed by atoms with Gasteiger partial charge in [-0.2, -0.15) is 0 Å². The minimum absolute atomic E-state index is 0.104. The molecule has 30 heavy (non-hydrogen) atoms. The molecule has 162 valence electrons. The van der Waals surface area contributed by atoms with Gasteiger partial charge in [-0.15, -0.1) is 11.6 Å². The van der Waals surface area contributed by atoms with Crippen LogP contribution < -0.4 is 0 Å². The van der Waals surface area contributed by atoms with E-state index in [-0.39, 0.29) is 22.7 Å². The van der Waals surface area contributed by atoms with Crippen LogP contribution >= 0.6 is 11.6 Å². The van der Waals surface area contributed by atoms with Gasteiger partial charge in [0.15, 0.2) is 0 Å². The molecule has 0 aliphatic heterocycles. The van der Waals surface area contributed by atoms with Crippen LogP contribution in [0.5, 0.6) is 0 Å². The molecule has 1 heterocycles. The predicted molar refractivity (Wildman–Crippen MR) is 119 cm³/mol. The van der Waals surface area contributed by atoms with Crippen molar-refractivity contribution in [3.63, 3.8) is 0 Å². The van der Waals surface area contributed by atoms with E-state index in [4.69, 9.17) is 11.6 Å². The third kappa shape index (κ3) is 5.82. The van der Waals surface area contributed by atoms with Crippen LogP contribution in [-0.4, -0.2) is 32.0 Å². The molecule has 0 spiro atoms. The first-order valence-corrected chi connectivity index (χ1v) is 10.6. The largest absolute Gasteiger partial charge is 0.477 e. The average molecular weight is 432 g/mol. The lowest BCUT2D eigenvalue weighted by atomic mass is 9.69. The van der Waals surface area contributed by atoms with Gasteiger partial charge >= 0.3 is 11.9 Å². The molecule has 2 rings (SSSR count). The van der Waals surface area contributed by atoms with Crippen LogP contribution in [0.15, 0.2) is 42.5 Å². The Morgan fingerprint density at radius 1 is 1.00 bits per heavy atom. The predicted octanol–water partition coefficient (Wildman–Crippen LogP) is 6.02. The number of carboxylic acids is 2.